The SMILES string of the molecule is CC(=O)c1ccc(S(=O)(=O)Nc2ccnc(Cl)c2)cc1. The normalized spacial score (nSPS) is 11.1. The molecule has 0 spiro atoms. The minimum absolute atomic E-state index is 0.0652. The molecule has 0 amide bonds. The van der Waals surface area contributed by atoms with Crippen LogP contribution in [0.2, 0.25) is 5.15 Å². The zero-order valence-electron chi connectivity index (χ0n) is 10.5. The van der Waals surface area contributed by atoms with Crippen LogP contribution in [0.25, 0.3) is 0 Å². The third-order valence-electron chi connectivity index (χ3n) is 2.55. The molecule has 20 heavy (non-hydrogen) atoms. The molecular weight excluding hydrogens is 300 g/mol. The van der Waals surface area contributed by atoms with Crippen LogP contribution in [0.4, 0.5) is 5.69 Å². The van der Waals surface area contributed by atoms with Gasteiger partial charge in [0.1, 0.15) is 5.15 Å². The third kappa shape index (κ3) is 3.34. The van der Waals surface area contributed by atoms with E-state index in [1.807, 2.05) is 0 Å². The number of hydrogen-bond acceptors (Lipinski definition) is 4. The molecule has 5 nitrogen and oxygen atoms in total. The molecule has 2 rings (SSSR count). The number of carbonyl (C=O) groups is 1. The van der Waals surface area contributed by atoms with Crippen molar-refractivity contribution >= 4 is 33.1 Å². The average molecular weight is 311 g/mol. The largest absolute Gasteiger partial charge is 0.295 e. The summed E-state index contributed by atoms with van der Waals surface area (Å²) in [7, 11) is -3.72. The van der Waals surface area contributed by atoms with Crippen molar-refractivity contribution in [2.24, 2.45) is 0 Å². The van der Waals surface area contributed by atoms with Gasteiger partial charge in [0.25, 0.3) is 10.0 Å². The maximum Gasteiger partial charge on any atom is 0.261 e. The Kier molecular flexibility index (Phi) is 4.06. The average Bonchev–Trinajstić information content (AvgIpc) is 2.38. The Labute approximate surface area is 121 Å². The highest BCUT2D eigenvalue weighted by Crippen LogP contribution is 2.18. The van der Waals surface area contributed by atoms with E-state index in [1.165, 1.54) is 49.5 Å². The molecular formula is C13H11ClN2O3S. The number of nitrogens with zero attached hydrogens (tertiary/aromatic N) is 1. The number of Topliss-reactive ketones (excluding diaryl/α,β-unsaturated/α-hetero) is 1. The highest BCUT2D eigenvalue weighted by atomic mass is 35.5. The van der Waals surface area contributed by atoms with Crippen LogP contribution >= 0.6 is 11.6 Å². The van der Waals surface area contributed by atoms with E-state index in [2.05, 4.69) is 9.71 Å². The molecule has 0 aliphatic carbocycles. The molecule has 1 aromatic heterocycles. The number of halogens is 1. The zero-order chi connectivity index (χ0) is 14.8. The zero-order valence-corrected chi connectivity index (χ0v) is 12.1. The fourth-order valence-corrected chi connectivity index (χ4v) is 2.77. The van der Waals surface area contributed by atoms with Crippen LogP contribution in [0.1, 0.15) is 17.3 Å². The quantitative estimate of drug-likeness (QED) is 0.696. The number of sulfonamides is 1. The van der Waals surface area contributed by atoms with Gasteiger partial charge in [-0.05, 0) is 31.2 Å². The Morgan fingerprint density at radius 3 is 2.40 bits per heavy atom. The minimum Gasteiger partial charge on any atom is -0.295 e. The Hall–Kier alpha value is -1.92. The predicted molar refractivity (Wildman–Crippen MR) is 76.5 cm³/mol. The van der Waals surface area contributed by atoms with Crippen molar-refractivity contribution < 1.29 is 13.2 Å². The van der Waals surface area contributed by atoms with Crippen molar-refractivity contribution in [1.29, 1.82) is 0 Å². The van der Waals surface area contributed by atoms with E-state index >= 15 is 0 Å². The topological polar surface area (TPSA) is 76.1 Å². The third-order valence-corrected chi connectivity index (χ3v) is 4.15. The summed E-state index contributed by atoms with van der Waals surface area (Å²) >= 11 is 5.69. The van der Waals surface area contributed by atoms with Crippen molar-refractivity contribution in [3.8, 4) is 0 Å². The summed E-state index contributed by atoms with van der Waals surface area (Å²) in [6.45, 7) is 1.42. The maximum absolute atomic E-state index is 12.1. The first kappa shape index (κ1) is 14.5. The van der Waals surface area contributed by atoms with Gasteiger partial charge in [0.2, 0.25) is 0 Å². The smallest absolute Gasteiger partial charge is 0.261 e. The molecule has 0 saturated carbocycles. The van der Waals surface area contributed by atoms with Crippen LogP contribution in [0.3, 0.4) is 0 Å². The molecule has 2 aromatic rings. The van der Waals surface area contributed by atoms with Crippen molar-refractivity contribution in [1.82, 2.24) is 4.98 Å². The summed E-state index contributed by atoms with van der Waals surface area (Å²) in [5.41, 5.74) is 0.775. The number of carbonyl (C=O) groups excluding carboxylic acids is 1. The number of anilines is 1. The predicted octanol–water partition coefficient (Wildman–Crippen LogP) is 2.74. The number of nitrogens with one attached hydrogen (secondary N) is 1. The number of hydrogen-bond donors (Lipinski definition) is 1. The highest BCUT2D eigenvalue weighted by Gasteiger charge is 2.14. The van der Waals surface area contributed by atoms with E-state index in [-0.39, 0.29) is 15.8 Å². The monoisotopic (exact) mass is 310 g/mol. The van der Waals surface area contributed by atoms with Crippen LogP contribution in [0.15, 0.2) is 47.5 Å². The van der Waals surface area contributed by atoms with Crippen molar-refractivity contribution in [2.75, 3.05) is 4.72 Å². The number of benzene rings is 1. The lowest BCUT2D eigenvalue weighted by molar-refractivity contribution is 0.101. The Bertz CT molecular complexity index is 742. The lowest BCUT2D eigenvalue weighted by Gasteiger charge is -2.08. The Morgan fingerprint density at radius 1 is 1.20 bits per heavy atom. The van der Waals surface area contributed by atoms with Gasteiger partial charge in [-0.25, -0.2) is 13.4 Å². The second-order valence-electron chi connectivity index (χ2n) is 4.05. The first-order valence-electron chi connectivity index (χ1n) is 5.64. The van der Waals surface area contributed by atoms with Gasteiger partial charge in [0, 0.05) is 11.8 Å². The second kappa shape index (κ2) is 5.60. The number of ketones is 1. The molecule has 0 saturated heterocycles. The first-order chi connectivity index (χ1) is 9.38. The first-order valence-corrected chi connectivity index (χ1v) is 7.50. The number of aromatic nitrogens is 1. The van der Waals surface area contributed by atoms with Crippen LogP contribution < -0.4 is 4.72 Å². The van der Waals surface area contributed by atoms with Gasteiger partial charge in [0.05, 0.1) is 10.6 Å². The summed E-state index contributed by atoms with van der Waals surface area (Å²) in [6, 6.07) is 8.59. The van der Waals surface area contributed by atoms with Gasteiger partial charge in [-0.15, -0.1) is 0 Å². The minimum atomic E-state index is -3.72. The van der Waals surface area contributed by atoms with Gasteiger partial charge in [-0.3, -0.25) is 9.52 Å². The van der Waals surface area contributed by atoms with Crippen LogP contribution in [-0.2, 0) is 10.0 Å². The van der Waals surface area contributed by atoms with Crippen molar-refractivity contribution in [3.63, 3.8) is 0 Å². The Balaban J connectivity index is 2.28. The van der Waals surface area contributed by atoms with Crippen LogP contribution in [-0.4, -0.2) is 19.2 Å². The molecule has 0 radical (unpaired) electrons. The fraction of sp³-hybridized carbons (Fsp3) is 0.0769. The molecule has 1 heterocycles. The second-order valence-corrected chi connectivity index (χ2v) is 6.12. The Morgan fingerprint density at radius 2 is 1.85 bits per heavy atom. The molecule has 0 atom stereocenters. The van der Waals surface area contributed by atoms with Crippen molar-refractivity contribution in [2.45, 2.75) is 11.8 Å². The van der Waals surface area contributed by atoms with E-state index in [0.29, 0.717) is 11.3 Å². The summed E-state index contributed by atoms with van der Waals surface area (Å²) in [6.07, 6.45) is 1.40. The van der Waals surface area contributed by atoms with E-state index in [4.69, 9.17) is 11.6 Å². The standard InChI is InChI=1S/C13H11ClN2O3S/c1-9(17)10-2-4-12(5-3-10)20(18,19)16-11-6-7-15-13(14)8-11/h2-8H,1H3,(H,15,16). The van der Waals surface area contributed by atoms with Crippen LogP contribution in [0, 0.1) is 0 Å². The summed E-state index contributed by atoms with van der Waals surface area (Å²) in [5.74, 6) is -0.122. The van der Waals surface area contributed by atoms with Gasteiger partial charge < -0.3 is 0 Å². The maximum atomic E-state index is 12.1. The van der Waals surface area contributed by atoms with Gasteiger partial charge in [0.15, 0.2) is 5.78 Å². The van der Waals surface area contributed by atoms with Crippen LogP contribution in [0.5, 0.6) is 0 Å². The van der Waals surface area contributed by atoms with E-state index < -0.39 is 10.0 Å². The summed E-state index contributed by atoms with van der Waals surface area (Å²) in [5, 5.41) is 0.192. The van der Waals surface area contributed by atoms with E-state index in [9.17, 15) is 13.2 Å². The van der Waals surface area contributed by atoms with Gasteiger partial charge >= 0.3 is 0 Å². The number of pyridine rings is 1. The van der Waals surface area contributed by atoms with Crippen molar-refractivity contribution in [3.05, 3.63) is 53.3 Å². The molecule has 0 fully saturated rings. The molecule has 7 heteroatoms. The lowest BCUT2D eigenvalue weighted by atomic mass is 10.2. The fourth-order valence-electron chi connectivity index (χ4n) is 1.55. The summed E-state index contributed by atoms with van der Waals surface area (Å²) < 4.78 is 26.7. The molecule has 1 N–H and O–H groups in total. The molecule has 0 bridgehead atoms. The van der Waals surface area contributed by atoms with E-state index in [0.717, 1.165) is 0 Å². The molecule has 0 aliphatic heterocycles. The molecule has 104 valence electrons. The summed E-state index contributed by atoms with van der Waals surface area (Å²) in [4.78, 5) is 15.0. The highest BCUT2D eigenvalue weighted by molar-refractivity contribution is 7.92. The molecule has 0 unspecified atom stereocenters. The van der Waals surface area contributed by atoms with Gasteiger partial charge in [-0.2, -0.15) is 0 Å². The van der Waals surface area contributed by atoms with E-state index in [1.54, 1.807) is 0 Å². The van der Waals surface area contributed by atoms with Gasteiger partial charge in [-0.1, -0.05) is 23.7 Å². The molecule has 1 aromatic carbocycles. The number of rotatable bonds is 4. The molecule has 0 aliphatic rings. The lowest BCUT2D eigenvalue weighted by Crippen LogP contribution is -2.13.